The van der Waals surface area contributed by atoms with E-state index in [4.69, 9.17) is 5.73 Å². The summed E-state index contributed by atoms with van der Waals surface area (Å²) in [6.45, 7) is 1.11. The molecule has 0 saturated carbocycles. The van der Waals surface area contributed by atoms with Crippen LogP contribution in [0.1, 0.15) is 39.7 Å². The number of pyridine rings is 1. The molecule has 4 nitrogen and oxygen atoms in total. The van der Waals surface area contributed by atoms with Crippen LogP contribution in [0.15, 0.2) is 48.7 Å². The number of rotatable bonds is 5. The van der Waals surface area contributed by atoms with E-state index in [0.717, 1.165) is 23.8 Å². The number of amides is 1. The van der Waals surface area contributed by atoms with Gasteiger partial charge in [-0.1, -0.05) is 36.4 Å². The molecule has 2 aromatic carbocycles. The van der Waals surface area contributed by atoms with Gasteiger partial charge in [-0.15, -0.1) is 0 Å². The number of aromatic nitrogens is 1. The average Bonchev–Trinajstić information content (AvgIpc) is 2.62. The molecule has 1 heterocycles. The van der Waals surface area contributed by atoms with E-state index in [9.17, 15) is 22.8 Å². The Hall–Kier alpha value is -3.22. The molecule has 28 heavy (non-hydrogen) atoms. The van der Waals surface area contributed by atoms with Gasteiger partial charge in [0.25, 0.3) is 0 Å². The number of primary amides is 1. The molecular formula is C21H17F3N2O2. The Morgan fingerprint density at radius 2 is 1.75 bits per heavy atom. The topological polar surface area (TPSA) is 73.1 Å². The van der Waals surface area contributed by atoms with Crippen LogP contribution in [-0.4, -0.2) is 16.7 Å². The van der Waals surface area contributed by atoms with Crippen molar-refractivity contribution in [2.24, 2.45) is 5.73 Å². The van der Waals surface area contributed by atoms with E-state index in [2.05, 4.69) is 4.98 Å². The highest BCUT2D eigenvalue weighted by molar-refractivity contribution is 5.96. The second-order valence-corrected chi connectivity index (χ2v) is 6.53. The lowest BCUT2D eigenvalue weighted by Crippen LogP contribution is -2.14. The summed E-state index contributed by atoms with van der Waals surface area (Å²) in [5.41, 5.74) is 5.59. The zero-order chi connectivity index (χ0) is 20.5. The number of fused-ring (bicyclic) bond motifs is 1. The van der Waals surface area contributed by atoms with Gasteiger partial charge in [0.15, 0.2) is 5.78 Å². The van der Waals surface area contributed by atoms with Crippen molar-refractivity contribution in [1.29, 1.82) is 0 Å². The van der Waals surface area contributed by atoms with Crippen molar-refractivity contribution < 1.29 is 22.8 Å². The first-order chi connectivity index (χ1) is 13.2. The molecule has 3 rings (SSSR count). The molecule has 0 aliphatic heterocycles. The van der Waals surface area contributed by atoms with Crippen molar-refractivity contribution in [2.45, 2.75) is 25.9 Å². The van der Waals surface area contributed by atoms with Crippen LogP contribution in [0.25, 0.3) is 10.8 Å². The summed E-state index contributed by atoms with van der Waals surface area (Å²) in [4.78, 5) is 27.1. The molecule has 0 aliphatic rings. The van der Waals surface area contributed by atoms with Crippen molar-refractivity contribution in [3.63, 3.8) is 0 Å². The fraction of sp³-hybridized carbons (Fsp3) is 0.190. The summed E-state index contributed by atoms with van der Waals surface area (Å²) in [5, 5.41) is 1.52. The summed E-state index contributed by atoms with van der Waals surface area (Å²) < 4.78 is 40.0. The van der Waals surface area contributed by atoms with E-state index in [-0.39, 0.29) is 18.4 Å². The lowest BCUT2D eigenvalue weighted by atomic mass is 9.96. The molecule has 0 spiro atoms. The van der Waals surface area contributed by atoms with Crippen molar-refractivity contribution in [3.05, 3.63) is 76.6 Å². The van der Waals surface area contributed by atoms with Crippen LogP contribution in [0, 0.1) is 0 Å². The zero-order valence-corrected chi connectivity index (χ0v) is 15.0. The highest BCUT2D eigenvalue weighted by Gasteiger charge is 2.34. The first kappa shape index (κ1) is 19.5. The fourth-order valence-corrected chi connectivity index (χ4v) is 3.22. The van der Waals surface area contributed by atoms with Gasteiger partial charge in [-0.3, -0.25) is 14.6 Å². The minimum absolute atomic E-state index is 0.0271. The van der Waals surface area contributed by atoms with E-state index < -0.39 is 23.4 Å². The molecule has 3 aromatic rings. The number of hydrogen-bond donors (Lipinski definition) is 1. The third-order valence-corrected chi connectivity index (χ3v) is 4.47. The van der Waals surface area contributed by atoms with Crippen molar-refractivity contribution in [3.8, 4) is 0 Å². The smallest absolute Gasteiger partial charge is 0.369 e. The van der Waals surface area contributed by atoms with Crippen LogP contribution in [-0.2, 0) is 23.8 Å². The lowest BCUT2D eigenvalue weighted by molar-refractivity contribution is -0.138. The van der Waals surface area contributed by atoms with Gasteiger partial charge in [0.05, 0.1) is 17.7 Å². The third-order valence-electron chi connectivity index (χ3n) is 4.47. The molecule has 0 bridgehead atoms. The maximum absolute atomic E-state index is 13.3. The quantitative estimate of drug-likeness (QED) is 0.672. The SMILES string of the molecule is CC(=O)c1ccc(Cc2ncc(CC(N)=O)c3ccccc23)cc1C(F)(F)F. The van der Waals surface area contributed by atoms with Crippen molar-refractivity contribution >= 4 is 22.5 Å². The van der Waals surface area contributed by atoms with Gasteiger partial charge in [-0.2, -0.15) is 13.2 Å². The maximum atomic E-state index is 13.3. The van der Waals surface area contributed by atoms with Gasteiger partial charge in [-0.05, 0) is 29.5 Å². The van der Waals surface area contributed by atoms with Crippen molar-refractivity contribution in [1.82, 2.24) is 4.98 Å². The molecular weight excluding hydrogens is 369 g/mol. The summed E-state index contributed by atoms with van der Waals surface area (Å²) in [6, 6.07) is 10.9. The van der Waals surface area contributed by atoms with E-state index in [1.165, 1.54) is 18.3 Å². The molecule has 1 aromatic heterocycles. The predicted molar refractivity (Wildman–Crippen MR) is 98.9 cm³/mol. The fourth-order valence-electron chi connectivity index (χ4n) is 3.22. The van der Waals surface area contributed by atoms with Crippen LogP contribution >= 0.6 is 0 Å². The average molecular weight is 386 g/mol. The molecule has 0 fully saturated rings. The van der Waals surface area contributed by atoms with Gasteiger partial charge in [-0.25, -0.2) is 0 Å². The first-order valence-corrected chi connectivity index (χ1v) is 8.51. The number of ketones is 1. The Balaban J connectivity index is 2.06. The molecule has 0 unspecified atom stereocenters. The Morgan fingerprint density at radius 1 is 1.07 bits per heavy atom. The molecule has 7 heteroatoms. The Morgan fingerprint density at radius 3 is 2.36 bits per heavy atom. The second-order valence-electron chi connectivity index (χ2n) is 6.53. The van der Waals surface area contributed by atoms with Gasteiger partial charge in [0.2, 0.25) is 5.91 Å². The first-order valence-electron chi connectivity index (χ1n) is 8.51. The second kappa shape index (κ2) is 7.42. The predicted octanol–water partition coefficient (Wildman–Crippen LogP) is 4.07. The monoisotopic (exact) mass is 386 g/mol. The summed E-state index contributed by atoms with van der Waals surface area (Å²) >= 11 is 0. The molecule has 1 amide bonds. The highest BCUT2D eigenvalue weighted by Crippen LogP contribution is 2.34. The largest absolute Gasteiger partial charge is 0.417 e. The summed E-state index contributed by atoms with van der Waals surface area (Å²) in [6.07, 6.45) is -2.92. The van der Waals surface area contributed by atoms with Gasteiger partial charge < -0.3 is 5.73 Å². The Labute approximate surface area is 159 Å². The van der Waals surface area contributed by atoms with Gasteiger partial charge in [0.1, 0.15) is 0 Å². The molecule has 0 saturated heterocycles. The summed E-state index contributed by atoms with van der Waals surface area (Å²) in [5.74, 6) is -1.13. The number of carbonyl (C=O) groups is 2. The maximum Gasteiger partial charge on any atom is 0.417 e. The number of carbonyl (C=O) groups excluding carboxylic acids is 2. The molecule has 2 N–H and O–H groups in total. The number of nitrogens with two attached hydrogens (primary N) is 1. The molecule has 144 valence electrons. The van der Waals surface area contributed by atoms with E-state index in [1.54, 1.807) is 18.2 Å². The molecule has 0 atom stereocenters. The summed E-state index contributed by atoms with van der Waals surface area (Å²) in [7, 11) is 0. The van der Waals surface area contributed by atoms with Gasteiger partial charge in [0, 0.05) is 23.6 Å². The Bertz CT molecular complexity index is 1070. The van der Waals surface area contributed by atoms with E-state index >= 15 is 0 Å². The number of alkyl halides is 3. The zero-order valence-electron chi connectivity index (χ0n) is 15.0. The Kier molecular flexibility index (Phi) is 5.18. The van der Waals surface area contributed by atoms with Crippen LogP contribution in [0.3, 0.4) is 0 Å². The third kappa shape index (κ3) is 4.03. The highest BCUT2D eigenvalue weighted by atomic mass is 19.4. The van der Waals surface area contributed by atoms with E-state index in [1.807, 2.05) is 6.07 Å². The lowest BCUT2D eigenvalue weighted by Gasteiger charge is -2.14. The van der Waals surface area contributed by atoms with Crippen molar-refractivity contribution in [2.75, 3.05) is 0 Å². The molecule has 0 aliphatic carbocycles. The minimum Gasteiger partial charge on any atom is -0.369 e. The number of hydrogen-bond acceptors (Lipinski definition) is 3. The normalized spacial score (nSPS) is 11.6. The van der Waals surface area contributed by atoms with Gasteiger partial charge >= 0.3 is 6.18 Å². The van der Waals surface area contributed by atoms with E-state index in [0.29, 0.717) is 16.8 Å². The van der Waals surface area contributed by atoms with Crippen LogP contribution < -0.4 is 5.73 Å². The van der Waals surface area contributed by atoms with Crippen LogP contribution in [0.5, 0.6) is 0 Å². The number of benzene rings is 2. The standard InChI is InChI=1S/C21H17F3N2O2/c1-12(27)15-7-6-13(8-18(15)21(22,23)24)9-19-17-5-3-2-4-16(17)14(11-26-19)10-20(25)28/h2-8,11H,9-10H2,1H3,(H2,25,28). The minimum atomic E-state index is -4.63. The number of nitrogens with zero attached hydrogens (tertiary/aromatic N) is 1. The molecule has 0 radical (unpaired) electrons. The van der Waals surface area contributed by atoms with Crippen LogP contribution in [0.2, 0.25) is 0 Å². The number of halogens is 3. The van der Waals surface area contributed by atoms with Crippen LogP contribution in [0.4, 0.5) is 13.2 Å². The number of Topliss-reactive ketones (excluding diaryl/α,β-unsaturated/α-hetero) is 1.